The number of benzene rings is 1. The predicted molar refractivity (Wildman–Crippen MR) is 79.1 cm³/mol. The van der Waals surface area contributed by atoms with Crippen molar-refractivity contribution in [2.45, 2.75) is 20.3 Å². The third-order valence-corrected chi connectivity index (χ3v) is 2.93. The van der Waals surface area contributed by atoms with Crippen molar-refractivity contribution in [3.8, 4) is 0 Å². The Hall–Kier alpha value is -0.770. The van der Waals surface area contributed by atoms with Crippen molar-refractivity contribution < 1.29 is 9.53 Å². The minimum absolute atomic E-state index is 0.189. The number of nitrogens with one attached hydrogen (secondary N) is 1. The van der Waals surface area contributed by atoms with Gasteiger partial charge in [-0.05, 0) is 30.5 Å². The van der Waals surface area contributed by atoms with Gasteiger partial charge < -0.3 is 10.1 Å². The summed E-state index contributed by atoms with van der Waals surface area (Å²) in [6.45, 7) is 6.16. The van der Waals surface area contributed by atoms with Crippen LogP contribution in [0.2, 0.25) is 10.0 Å². The van der Waals surface area contributed by atoms with E-state index in [0.717, 1.165) is 13.0 Å². The van der Waals surface area contributed by atoms with Gasteiger partial charge >= 0.3 is 0 Å². The highest BCUT2D eigenvalue weighted by atomic mass is 35.5. The van der Waals surface area contributed by atoms with Gasteiger partial charge in [-0.25, -0.2) is 0 Å². The first kappa shape index (κ1) is 16.3. The maximum atomic E-state index is 11.8. The highest BCUT2D eigenvalue weighted by molar-refractivity contribution is 6.36. The summed E-state index contributed by atoms with van der Waals surface area (Å²) in [4.78, 5) is 11.8. The number of rotatable bonds is 7. The molecule has 5 heteroatoms. The third kappa shape index (κ3) is 6.28. The van der Waals surface area contributed by atoms with Crippen LogP contribution in [0.1, 0.15) is 30.6 Å². The van der Waals surface area contributed by atoms with Gasteiger partial charge in [0.15, 0.2) is 0 Å². The third-order valence-electron chi connectivity index (χ3n) is 2.38. The molecule has 106 valence electrons. The van der Waals surface area contributed by atoms with E-state index >= 15 is 0 Å². The van der Waals surface area contributed by atoms with Gasteiger partial charge in [0.25, 0.3) is 5.91 Å². The summed E-state index contributed by atoms with van der Waals surface area (Å²) in [5.74, 6) is 0.341. The van der Waals surface area contributed by atoms with E-state index < -0.39 is 0 Å². The van der Waals surface area contributed by atoms with Gasteiger partial charge in [0.2, 0.25) is 0 Å². The molecule has 0 radical (unpaired) electrons. The zero-order chi connectivity index (χ0) is 14.3. The summed E-state index contributed by atoms with van der Waals surface area (Å²) < 4.78 is 5.43. The zero-order valence-electron chi connectivity index (χ0n) is 11.2. The summed E-state index contributed by atoms with van der Waals surface area (Å²) in [7, 11) is 0. The lowest BCUT2D eigenvalue weighted by atomic mass is 10.2. The number of hydrogen-bond donors (Lipinski definition) is 1. The van der Waals surface area contributed by atoms with E-state index in [1.54, 1.807) is 18.2 Å². The number of carbonyl (C=O) groups excluding carboxylic acids is 1. The van der Waals surface area contributed by atoms with Gasteiger partial charge in [-0.1, -0.05) is 37.0 Å². The van der Waals surface area contributed by atoms with E-state index in [1.807, 2.05) is 0 Å². The first-order valence-corrected chi connectivity index (χ1v) is 7.07. The van der Waals surface area contributed by atoms with Gasteiger partial charge in [0, 0.05) is 24.8 Å². The first-order chi connectivity index (χ1) is 9.00. The smallest absolute Gasteiger partial charge is 0.252 e. The fourth-order valence-corrected chi connectivity index (χ4v) is 1.96. The molecule has 0 atom stereocenters. The Bertz CT molecular complexity index is 422. The van der Waals surface area contributed by atoms with Crippen LogP contribution in [0.25, 0.3) is 0 Å². The molecular formula is C14H19Cl2NO2. The highest BCUT2D eigenvalue weighted by Gasteiger charge is 2.09. The normalized spacial score (nSPS) is 10.8. The van der Waals surface area contributed by atoms with Crippen molar-refractivity contribution in [3.63, 3.8) is 0 Å². The topological polar surface area (TPSA) is 38.3 Å². The summed E-state index contributed by atoms with van der Waals surface area (Å²) in [5.41, 5.74) is 0.439. The van der Waals surface area contributed by atoms with Crippen molar-refractivity contribution in [3.05, 3.63) is 33.8 Å². The maximum Gasteiger partial charge on any atom is 0.252 e. The van der Waals surface area contributed by atoms with Crippen LogP contribution < -0.4 is 5.32 Å². The van der Waals surface area contributed by atoms with Crippen molar-refractivity contribution in [2.24, 2.45) is 5.92 Å². The van der Waals surface area contributed by atoms with Crippen molar-refractivity contribution in [2.75, 3.05) is 19.8 Å². The lowest BCUT2D eigenvalue weighted by molar-refractivity contribution is 0.0925. The fraction of sp³-hybridized carbons (Fsp3) is 0.500. The Morgan fingerprint density at radius 3 is 2.74 bits per heavy atom. The average Bonchev–Trinajstić information content (AvgIpc) is 2.32. The highest BCUT2D eigenvalue weighted by Crippen LogP contribution is 2.20. The van der Waals surface area contributed by atoms with Gasteiger partial charge in [0.1, 0.15) is 0 Å². The Morgan fingerprint density at radius 2 is 2.11 bits per heavy atom. The number of halogens is 2. The van der Waals surface area contributed by atoms with Crippen LogP contribution in [-0.2, 0) is 4.74 Å². The molecule has 0 saturated heterocycles. The quantitative estimate of drug-likeness (QED) is 0.778. The minimum Gasteiger partial charge on any atom is -0.381 e. The van der Waals surface area contributed by atoms with E-state index in [1.165, 1.54) is 0 Å². The van der Waals surface area contributed by atoms with Gasteiger partial charge in [-0.15, -0.1) is 0 Å². The van der Waals surface area contributed by atoms with E-state index in [2.05, 4.69) is 19.2 Å². The molecule has 1 aromatic rings. The fourth-order valence-electron chi connectivity index (χ4n) is 1.46. The van der Waals surface area contributed by atoms with Gasteiger partial charge in [0.05, 0.1) is 10.6 Å². The van der Waals surface area contributed by atoms with Crippen LogP contribution >= 0.6 is 23.2 Å². The Kier molecular flexibility index (Phi) is 7.21. The molecule has 0 unspecified atom stereocenters. The van der Waals surface area contributed by atoms with E-state index in [9.17, 15) is 4.79 Å². The monoisotopic (exact) mass is 303 g/mol. The molecule has 0 aliphatic heterocycles. The predicted octanol–water partition coefficient (Wildman–Crippen LogP) is 3.79. The first-order valence-electron chi connectivity index (χ1n) is 6.31. The zero-order valence-corrected chi connectivity index (χ0v) is 12.7. The van der Waals surface area contributed by atoms with E-state index in [-0.39, 0.29) is 5.91 Å². The molecule has 0 aliphatic carbocycles. The van der Waals surface area contributed by atoms with Gasteiger partial charge in [-0.2, -0.15) is 0 Å². The number of hydrogen-bond acceptors (Lipinski definition) is 2. The van der Waals surface area contributed by atoms with Crippen molar-refractivity contribution in [1.29, 1.82) is 0 Å². The van der Waals surface area contributed by atoms with Gasteiger partial charge in [-0.3, -0.25) is 4.79 Å². The van der Waals surface area contributed by atoms with Crippen LogP contribution in [0.3, 0.4) is 0 Å². The molecule has 0 bridgehead atoms. The molecule has 1 aromatic carbocycles. The maximum absolute atomic E-state index is 11.8. The van der Waals surface area contributed by atoms with Crippen molar-refractivity contribution >= 4 is 29.1 Å². The molecule has 19 heavy (non-hydrogen) atoms. The molecule has 1 N–H and O–H groups in total. The Morgan fingerprint density at radius 1 is 1.37 bits per heavy atom. The molecule has 1 amide bonds. The second-order valence-corrected chi connectivity index (χ2v) is 5.55. The van der Waals surface area contributed by atoms with Crippen LogP contribution in [0.15, 0.2) is 18.2 Å². The molecule has 0 fully saturated rings. The van der Waals surface area contributed by atoms with E-state index in [4.69, 9.17) is 27.9 Å². The molecule has 0 spiro atoms. The summed E-state index contributed by atoms with van der Waals surface area (Å²) in [6.07, 6.45) is 0.781. The molecule has 0 aliphatic rings. The largest absolute Gasteiger partial charge is 0.381 e. The molecule has 0 saturated carbocycles. The molecule has 1 rings (SSSR count). The Balaban J connectivity index is 2.28. The van der Waals surface area contributed by atoms with Crippen LogP contribution in [0.4, 0.5) is 0 Å². The Labute approximate surface area is 124 Å². The molecule has 3 nitrogen and oxygen atoms in total. The lowest BCUT2D eigenvalue weighted by Crippen LogP contribution is -2.25. The SMILES string of the molecule is CC(C)COCCCNC(=O)c1ccc(Cl)cc1Cl. The van der Waals surface area contributed by atoms with E-state index in [0.29, 0.717) is 34.7 Å². The summed E-state index contributed by atoms with van der Waals surface area (Å²) in [5, 5.41) is 3.68. The molecular weight excluding hydrogens is 285 g/mol. The van der Waals surface area contributed by atoms with Crippen molar-refractivity contribution in [1.82, 2.24) is 5.32 Å². The average molecular weight is 304 g/mol. The standard InChI is InChI=1S/C14H19Cl2NO2/c1-10(2)9-19-7-3-6-17-14(18)12-5-4-11(15)8-13(12)16/h4-5,8,10H,3,6-7,9H2,1-2H3,(H,17,18). The second-order valence-electron chi connectivity index (χ2n) is 4.70. The number of carbonyl (C=O) groups is 1. The lowest BCUT2D eigenvalue weighted by Gasteiger charge is -2.08. The van der Waals surface area contributed by atoms with Crippen LogP contribution in [-0.4, -0.2) is 25.7 Å². The summed E-state index contributed by atoms with van der Waals surface area (Å²) >= 11 is 11.7. The summed E-state index contributed by atoms with van der Waals surface area (Å²) in [6, 6.07) is 4.83. The molecule has 0 aromatic heterocycles. The number of amides is 1. The number of ether oxygens (including phenoxy) is 1. The van der Waals surface area contributed by atoms with Crippen LogP contribution in [0, 0.1) is 5.92 Å². The van der Waals surface area contributed by atoms with Crippen LogP contribution in [0.5, 0.6) is 0 Å². The minimum atomic E-state index is -0.189. The molecule has 0 heterocycles. The second kappa shape index (κ2) is 8.41.